The minimum absolute atomic E-state index is 0. The highest BCUT2D eigenvalue weighted by Crippen LogP contribution is 2.29. The van der Waals surface area contributed by atoms with Crippen LogP contribution >= 0.6 is 11.6 Å². The van der Waals surface area contributed by atoms with Crippen molar-refractivity contribution in [3.05, 3.63) is 47.0 Å². The van der Waals surface area contributed by atoms with E-state index in [4.69, 9.17) is 16.3 Å². The zero-order valence-corrected chi connectivity index (χ0v) is 11.7. The minimum atomic E-state index is 0. The van der Waals surface area contributed by atoms with Crippen LogP contribution in [0.25, 0.3) is 21.8 Å². The second-order valence-corrected chi connectivity index (χ2v) is 4.71. The van der Waals surface area contributed by atoms with Crippen molar-refractivity contribution in [1.82, 2.24) is 11.1 Å². The molecule has 2 aromatic carbocycles. The lowest BCUT2D eigenvalue weighted by atomic mass is 10.1. The molecule has 3 nitrogen and oxygen atoms in total. The molecule has 1 heterocycles. The number of hydrogen-bond donors (Lipinski definition) is 1. The third kappa shape index (κ3) is 2.23. The van der Waals surface area contributed by atoms with Crippen LogP contribution < -0.4 is 10.9 Å². The monoisotopic (exact) mass is 274 g/mol. The van der Waals surface area contributed by atoms with E-state index in [-0.39, 0.29) is 6.15 Å². The zero-order valence-electron chi connectivity index (χ0n) is 10.9. The van der Waals surface area contributed by atoms with Gasteiger partial charge >= 0.3 is 0 Å². The number of halogens is 1. The fourth-order valence-corrected chi connectivity index (χ4v) is 2.33. The fourth-order valence-electron chi connectivity index (χ4n) is 2.12. The molecule has 3 rings (SSSR count). The Labute approximate surface area is 116 Å². The molecule has 0 unspecified atom stereocenters. The molecule has 0 amide bonds. The van der Waals surface area contributed by atoms with Gasteiger partial charge in [0.2, 0.25) is 0 Å². The lowest BCUT2D eigenvalue weighted by molar-refractivity contribution is 0.415. The first-order valence-electron chi connectivity index (χ1n) is 5.72. The van der Waals surface area contributed by atoms with Gasteiger partial charge in [-0.3, -0.25) is 0 Å². The molecule has 1 aromatic heterocycles. The molecule has 98 valence electrons. The van der Waals surface area contributed by atoms with E-state index in [0.717, 1.165) is 38.1 Å². The average molecular weight is 275 g/mol. The van der Waals surface area contributed by atoms with E-state index >= 15 is 0 Å². The highest BCUT2D eigenvalue weighted by Gasteiger charge is 2.06. The molecule has 19 heavy (non-hydrogen) atoms. The average Bonchev–Trinajstić information content (AvgIpc) is 2.41. The molecule has 3 aromatic rings. The van der Waals surface area contributed by atoms with Crippen LogP contribution in [0.15, 0.2) is 36.4 Å². The molecule has 0 fully saturated rings. The van der Waals surface area contributed by atoms with E-state index in [1.807, 2.05) is 37.3 Å². The first kappa shape index (κ1) is 13.6. The number of aromatic nitrogens is 1. The first-order valence-corrected chi connectivity index (χ1v) is 6.10. The summed E-state index contributed by atoms with van der Waals surface area (Å²) in [6.45, 7) is 2.04. The van der Waals surface area contributed by atoms with Gasteiger partial charge in [-0.1, -0.05) is 17.7 Å². The Morgan fingerprint density at radius 1 is 1.11 bits per heavy atom. The van der Waals surface area contributed by atoms with Crippen molar-refractivity contribution in [3.8, 4) is 5.75 Å². The van der Waals surface area contributed by atoms with Crippen LogP contribution in [0.2, 0.25) is 5.02 Å². The maximum absolute atomic E-state index is 6.22. The lowest BCUT2D eigenvalue weighted by Gasteiger charge is -2.07. The molecule has 0 aliphatic rings. The van der Waals surface area contributed by atoms with Crippen molar-refractivity contribution in [2.75, 3.05) is 7.11 Å². The van der Waals surface area contributed by atoms with Crippen molar-refractivity contribution in [3.63, 3.8) is 0 Å². The van der Waals surface area contributed by atoms with Crippen LogP contribution in [-0.2, 0) is 0 Å². The van der Waals surface area contributed by atoms with Crippen molar-refractivity contribution < 1.29 is 4.74 Å². The third-order valence-corrected chi connectivity index (χ3v) is 3.46. The predicted octanol–water partition coefficient (Wildman–Crippen LogP) is 4.52. The summed E-state index contributed by atoms with van der Waals surface area (Å²) < 4.78 is 5.22. The number of pyridine rings is 1. The Balaban J connectivity index is 0.00000133. The van der Waals surface area contributed by atoms with Gasteiger partial charge in [0.15, 0.2) is 0 Å². The van der Waals surface area contributed by atoms with E-state index in [9.17, 15) is 0 Å². The largest absolute Gasteiger partial charge is 0.497 e. The van der Waals surface area contributed by atoms with Gasteiger partial charge in [0, 0.05) is 21.9 Å². The Hall–Kier alpha value is -1.84. The highest BCUT2D eigenvalue weighted by atomic mass is 35.5. The van der Waals surface area contributed by atoms with Crippen molar-refractivity contribution >= 4 is 33.4 Å². The standard InChI is InChI=1S/C15H12ClNO.H3N/c1-9-3-6-13(16)12-7-10-4-5-11(18-2)8-14(10)17-15(9)12;/h3-8H,1-2H3;1H3. The molecule has 0 atom stereocenters. The van der Waals surface area contributed by atoms with Crippen molar-refractivity contribution in [2.24, 2.45) is 0 Å². The summed E-state index contributed by atoms with van der Waals surface area (Å²) >= 11 is 6.22. The van der Waals surface area contributed by atoms with Crippen LogP contribution in [0.4, 0.5) is 0 Å². The summed E-state index contributed by atoms with van der Waals surface area (Å²) in [7, 11) is 1.66. The van der Waals surface area contributed by atoms with Crippen LogP contribution in [-0.4, -0.2) is 12.1 Å². The van der Waals surface area contributed by atoms with Gasteiger partial charge in [0.1, 0.15) is 5.75 Å². The molecule has 0 aliphatic carbocycles. The SMILES string of the molecule is COc1ccc2cc3c(Cl)ccc(C)c3nc2c1.N. The second kappa shape index (κ2) is 5.03. The zero-order chi connectivity index (χ0) is 12.7. The molecule has 3 N–H and O–H groups in total. The van der Waals surface area contributed by atoms with E-state index in [1.54, 1.807) is 7.11 Å². The summed E-state index contributed by atoms with van der Waals surface area (Å²) in [4.78, 5) is 4.68. The molecule has 0 aliphatic heterocycles. The minimum Gasteiger partial charge on any atom is -0.497 e. The summed E-state index contributed by atoms with van der Waals surface area (Å²) in [5.41, 5.74) is 2.99. The van der Waals surface area contributed by atoms with Gasteiger partial charge in [-0.2, -0.15) is 0 Å². The van der Waals surface area contributed by atoms with Gasteiger partial charge in [0.25, 0.3) is 0 Å². The molecular weight excluding hydrogens is 260 g/mol. The fraction of sp³-hybridized carbons (Fsp3) is 0.133. The molecular formula is C15H15ClN2O. The lowest BCUT2D eigenvalue weighted by Crippen LogP contribution is -1.88. The Morgan fingerprint density at radius 2 is 1.89 bits per heavy atom. The normalized spacial score (nSPS) is 10.5. The van der Waals surface area contributed by atoms with Gasteiger partial charge in [-0.25, -0.2) is 4.98 Å². The number of rotatable bonds is 1. The Kier molecular flexibility index (Phi) is 3.60. The summed E-state index contributed by atoms with van der Waals surface area (Å²) in [6.07, 6.45) is 0. The number of aryl methyl sites for hydroxylation is 1. The second-order valence-electron chi connectivity index (χ2n) is 4.31. The number of nitrogens with zero attached hydrogens (tertiary/aromatic N) is 1. The number of ether oxygens (including phenoxy) is 1. The van der Waals surface area contributed by atoms with Crippen LogP contribution in [0.3, 0.4) is 0 Å². The quantitative estimate of drug-likeness (QED) is 0.664. The molecule has 4 heteroatoms. The number of fused-ring (bicyclic) bond motifs is 2. The van der Waals surface area contributed by atoms with Gasteiger partial charge in [-0.05, 0) is 36.8 Å². The van der Waals surface area contributed by atoms with Gasteiger partial charge < -0.3 is 10.9 Å². The van der Waals surface area contributed by atoms with E-state index in [2.05, 4.69) is 11.1 Å². The van der Waals surface area contributed by atoms with E-state index in [1.165, 1.54) is 0 Å². The van der Waals surface area contributed by atoms with Gasteiger partial charge in [-0.15, -0.1) is 0 Å². The van der Waals surface area contributed by atoms with Crippen molar-refractivity contribution in [1.29, 1.82) is 0 Å². The molecule has 0 radical (unpaired) electrons. The van der Waals surface area contributed by atoms with E-state index in [0.29, 0.717) is 0 Å². The number of hydrogen-bond acceptors (Lipinski definition) is 3. The smallest absolute Gasteiger partial charge is 0.121 e. The molecule has 0 saturated heterocycles. The van der Waals surface area contributed by atoms with Crippen LogP contribution in [0.5, 0.6) is 5.75 Å². The summed E-state index contributed by atoms with van der Waals surface area (Å²) in [6, 6.07) is 11.8. The Bertz CT molecular complexity index is 756. The number of benzene rings is 2. The maximum Gasteiger partial charge on any atom is 0.121 e. The molecule has 0 bridgehead atoms. The predicted molar refractivity (Wildman–Crippen MR) is 80.6 cm³/mol. The van der Waals surface area contributed by atoms with Gasteiger partial charge in [0.05, 0.1) is 18.1 Å². The third-order valence-electron chi connectivity index (χ3n) is 3.14. The van der Waals surface area contributed by atoms with Crippen LogP contribution in [0.1, 0.15) is 5.56 Å². The van der Waals surface area contributed by atoms with Crippen molar-refractivity contribution in [2.45, 2.75) is 6.92 Å². The molecule has 0 spiro atoms. The first-order chi connectivity index (χ1) is 8.69. The van der Waals surface area contributed by atoms with Crippen LogP contribution in [0, 0.1) is 6.92 Å². The summed E-state index contributed by atoms with van der Waals surface area (Å²) in [5.74, 6) is 0.814. The Morgan fingerprint density at radius 3 is 2.63 bits per heavy atom. The number of methoxy groups -OCH3 is 1. The van der Waals surface area contributed by atoms with E-state index < -0.39 is 0 Å². The maximum atomic E-state index is 6.22. The highest BCUT2D eigenvalue weighted by molar-refractivity contribution is 6.35. The molecule has 0 saturated carbocycles. The summed E-state index contributed by atoms with van der Waals surface area (Å²) in [5, 5.41) is 2.80. The topological polar surface area (TPSA) is 57.1 Å².